The average molecular weight is 396 g/mol. The van der Waals surface area contributed by atoms with E-state index in [1.807, 2.05) is 44.2 Å². The van der Waals surface area contributed by atoms with Crippen molar-refractivity contribution in [3.05, 3.63) is 48.2 Å². The Hall–Kier alpha value is -3.13. The molecule has 0 bridgehead atoms. The number of hydrogen-bond donors (Lipinski definition) is 5. The molecule has 2 atom stereocenters. The van der Waals surface area contributed by atoms with Gasteiger partial charge in [-0.1, -0.05) is 30.3 Å². The second-order valence-electron chi connectivity index (χ2n) is 7.98. The predicted octanol–water partition coefficient (Wildman–Crippen LogP) is 3.80. The summed E-state index contributed by atoms with van der Waals surface area (Å²) in [5.41, 5.74) is 1.01. The van der Waals surface area contributed by atoms with Gasteiger partial charge in [0.1, 0.15) is 5.82 Å². The highest BCUT2D eigenvalue weighted by molar-refractivity contribution is 5.94. The molecule has 2 amide bonds. The van der Waals surface area contributed by atoms with E-state index >= 15 is 0 Å². The number of rotatable bonds is 7. The van der Waals surface area contributed by atoms with Crippen molar-refractivity contribution >= 4 is 28.6 Å². The SMILES string of the molecule is CC(CC(C)(C)O)Nc1n[nH]c2cc(NC(=O)N[C@H](C)c3ccccc3)ncc12. The van der Waals surface area contributed by atoms with Crippen molar-refractivity contribution in [1.29, 1.82) is 0 Å². The summed E-state index contributed by atoms with van der Waals surface area (Å²) in [7, 11) is 0. The molecule has 0 radical (unpaired) electrons. The third kappa shape index (κ3) is 5.68. The number of fused-ring (bicyclic) bond motifs is 1. The van der Waals surface area contributed by atoms with E-state index in [4.69, 9.17) is 0 Å². The molecule has 0 fully saturated rings. The molecule has 8 heteroatoms. The van der Waals surface area contributed by atoms with Crippen LogP contribution in [0.25, 0.3) is 10.9 Å². The van der Waals surface area contributed by atoms with Gasteiger partial charge in [0.25, 0.3) is 0 Å². The molecule has 1 unspecified atom stereocenters. The van der Waals surface area contributed by atoms with Gasteiger partial charge in [0.2, 0.25) is 0 Å². The largest absolute Gasteiger partial charge is 0.390 e. The van der Waals surface area contributed by atoms with E-state index < -0.39 is 5.60 Å². The minimum absolute atomic E-state index is 0.0320. The lowest BCUT2D eigenvalue weighted by molar-refractivity contribution is 0.0673. The molecule has 2 heterocycles. The fourth-order valence-corrected chi connectivity index (χ4v) is 3.30. The van der Waals surface area contributed by atoms with E-state index in [1.54, 1.807) is 26.1 Å². The van der Waals surface area contributed by atoms with Crippen LogP contribution >= 0.6 is 0 Å². The van der Waals surface area contributed by atoms with Crippen LogP contribution in [-0.2, 0) is 0 Å². The fraction of sp³-hybridized carbons (Fsp3) is 0.381. The van der Waals surface area contributed by atoms with Crippen LogP contribution in [0.2, 0.25) is 0 Å². The van der Waals surface area contributed by atoms with Crippen LogP contribution in [0.1, 0.15) is 45.7 Å². The Kier molecular flexibility index (Phi) is 6.03. The Morgan fingerprint density at radius 2 is 1.97 bits per heavy atom. The summed E-state index contributed by atoms with van der Waals surface area (Å²) in [6.07, 6.45) is 2.24. The molecular weight excluding hydrogens is 368 g/mol. The molecule has 154 valence electrons. The molecule has 2 aromatic heterocycles. The van der Waals surface area contributed by atoms with Crippen molar-refractivity contribution in [2.75, 3.05) is 10.6 Å². The Balaban J connectivity index is 1.64. The van der Waals surface area contributed by atoms with Gasteiger partial charge in [0.05, 0.1) is 22.5 Å². The van der Waals surface area contributed by atoms with Crippen molar-refractivity contribution in [3.8, 4) is 0 Å². The number of amides is 2. The second-order valence-corrected chi connectivity index (χ2v) is 7.98. The topological polar surface area (TPSA) is 115 Å². The van der Waals surface area contributed by atoms with Gasteiger partial charge in [-0.15, -0.1) is 0 Å². The van der Waals surface area contributed by atoms with E-state index in [0.717, 1.165) is 16.5 Å². The van der Waals surface area contributed by atoms with E-state index in [-0.39, 0.29) is 18.1 Å². The molecule has 0 spiro atoms. The van der Waals surface area contributed by atoms with Crippen LogP contribution in [0.4, 0.5) is 16.4 Å². The second kappa shape index (κ2) is 8.48. The Bertz CT molecular complexity index is 964. The minimum Gasteiger partial charge on any atom is -0.390 e. The summed E-state index contributed by atoms with van der Waals surface area (Å²) in [5.74, 6) is 1.09. The van der Waals surface area contributed by atoms with Gasteiger partial charge in [-0.05, 0) is 39.7 Å². The maximum Gasteiger partial charge on any atom is 0.320 e. The lowest BCUT2D eigenvalue weighted by Gasteiger charge is -2.22. The standard InChI is InChI=1S/C21H28N6O2/c1-13(11-21(3,4)29)23-19-16-12-22-18(10-17(16)26-27-19)25-20(28)24-14(2)15-8-6-5-7-9-15/h5-10,12-14,29H,11H2,1-4H3,(H2,23,26,27)(H2,22,24,25,28)/t13?,14-/m1/s1. The number of carbonyl (C=O) groups excluding carboxylic acids is 1. The van der Waals surface area contributed by atoms with E-state index in [9.17, 15) is 9.90 Å². The summed E-state index contributed by atoms with van der Waals surface area (Å²) in [6, 6.07) is 11.1. The summed E-state index contributed by atoms with van der Waals surface area (Å²) < 4.78 is 0. The number of pyridine rings is 1. The third-order valence-corrected chi connectivity index (χ3v) is 4.52. The van der Waals surface area contributed by atoms with Crippen LogP contribution < -0.4 is 16.0 Å². The molecule has 5 N–H and O–H groups in total. The molecule has 0 aliphatic rings. The molecule has 0 saturated carbocycles. The number of anilines is 2. The Morgan fingerprint density at radius 1 is 1.24 bits per heavy atom. The maximum absolute atomic E-state index is 12.3. The fourth-order valence-electron chi connectivity index (χ4n) is 3.30. The number of carbonyl (C=O) groups is 1. The van der Waals surface area contributed by atoms with Crippen LogP contribution in [-0.4, -0.2) is 38.0 Å². The molecule has 0 aliphatic carbocycles. The van der Waals surface area contributed by atoms with Crippen LogP contribution in [0.15, 0.2) is 42.6 Å². The van der Waals surface area contributed by atoms with Crippen molar-refractivity contribution in [2.45, 2.75) is 51.8 Å². The smallest absolute Gasteiger partial charge is 0.320 e. The number of aromatic amines is 1. The number of hydrogen-bond acceptors (Lipinski definition) is 5. The molecule has 1 aromatic carbocycles. The average Bonchev–Trinajstić information content (AvgIpc) is 3.02. The number of urea groups is 1. The van der Waals surface area contributed by atoms with Gasteiger partial charge in [0.15, 0.2) is 5.82 Å². The predicted molar refractivity (Wildman–Crippen MR) is 115 cm³/mol. The third-order valence-electron chi connectivity index (χ3n) is 4.52. The zero-order valence-electron chi connectivity index (χ0n) is 17.2. The van der Waals surface area contributed by atoms with Crippen molar-refractivity contribution in [3.63, 3.8) is 0 Å². The number of nitrogens with one attached hydrogen (secondary N) is 4. The number of aliphatic hydroxyl groups is 1. The number of benzene rings is 1. The lowest BCUT2D eigenvalue weighted by atomic mass is 10.0. The Morgan fingerprint density at radius 3 is 2.66 bits per heavy atom. The first-order valence-corrected chi connectivity index (χ1v) is 9.67. The highest BCUT2D eigenvalue weighted by atomic mass is 16.3. The van der Waals surface area contributed by atoms with E-state index in [2.05, 4.69) is 31.1 Å². The van der Waals surface area contributed by atoms with Crippen LogP contribution in [0.3, 0.4) is 0 Å². The first kappa shape index (κ1) is 20.6. The zero-order chi connectivity index (χ0) is 21.0. The van der Waals surface area contributed by atoms with Gasteiger partial charge in [-0.2, -0.15) is 5.10 Å². The first-order chi connectivity index (χ1) is 13.7. The number of aromatic nitrogens is 3. The van der Waals surface area contributed by atoms with Gasteiger partial charge >= 0.3 is 6.03 Å². The summed E-state index contributed by atoms with van der Waals surface area (Å²) in [5, 5.41) is 26.9. The van der Waals surface area contributed by atoms with E-state index in [1.165, 1.54) is 0 Å². The van der Waals surface area contributed by atoms with Crippen molar-refractivity contribution in [2.24, 2.45) is 0 Å². The monoisotopic (exact) mass is 396 g/mol. The van der Waals surface area contributed by atoms with Gasteiger partial charge in [-0.25, -0.2) is 9.78 Å². The number of H-pyrrole nitrogens is 1. The first-order valence-electron chi connectivity index (χ1n) is 9.67. The summed E-state index contributed by atoms with van der Waals surface area (Å²) >= 11 is 0. The highest BCUT2D eigenvalue weighted by Crippen LogP contribution is 2.24. The molecule has 3 aromatic rings. The lowest BCUT2D eigenvalue weighted by Crippen LogP contribution is -2.31. The van der Waals surface area contributed by atoms with Crippen LogP contribution in [0.5, 0.6) is 0 Å². The quantitative estimate of drug-likeness (QED) is 0.417. The molecule has 29 heavy (non-hydrogen) atoms. The summed E-state index contributed by atoms with van der Waals surface area (Å²) in [4.78, 5) is 16.6. The molecule has 3 rings (SSSR count). The van der Waals surface area contributed by atoms with Gasteiger partial charge in [-0.3, -0.25) is 10.4 Å². The maximum atomic E-state index is 12.3. The van der Waals surface area contributed by atoms with Crippen LogP contribution in [0, 0.1) is 0 Å². The zero-order valence-corrected chi connectivity index (χ0v) is 17.2. The number of nitrogens with zero attached hydrogens (tertiary/aromatic N) is 2. The molecular formula is C21H28N6O2. The molecule has 0 aliphatic heterocycles. The molecule has 0 saturated heterocycles. The highest BCUT2D eigenvalue weighted by Gasteiger charge is 2.19. The van der Waals surface area contributed by atoms with E-state index in [0.29, 0.717) is 18.1 Å². The molecule has 8 nitrogen and oxygen atoms in total. The van der Waals surface area contributed by atoms with Crippen molar-refractivity contribution in [1.82, 2.24) is 20.5 Å². The summed E-state index contributed by atoms with van der Waals surface area (Å²) in [6.45, 7) is 7.46. The normalized spacial score (nSPS) is 13.7. The van der Waals surface area contributed by atoms with Crippen molar-refractivity contribution < 1.29 is 9.90 Å². The van der Waals surface area contributed by atoms with Gasteiger partial charge in [0, 0.05) is 18.3 Å². The van der Waals surface area contributed by atoms with Gasteiger partial charge < -0.3 is 15.7 Å². The Labute approximate surface area is 170 Å². The minimum atomic E-state index is -0.766.